The molecule has 0 bridgehead atoms. The second-order valence-corrected chi connectivity index (χ2v) is 8.07. The molecule has 4 aromatic rings. The molecule has 0 radical (unpaired) electrons. The van der Waals surface area contributed by atoms with Crippen molar-refractivity contribution in [3.05, 3.63) is 84.0 Å². The van der Waals surface area contributed by atoms with Gasteiger partial charge in [-0.1, -0.05) is 24.3 Å². The maximum Gasteiger partial charge on any atom is 0.416 e. The molecule has 1 atom stereocenters. The zero-order chi connectivity index (χ0) is 23.9. The van der Waals surface area contributed by atoms with Crippen molar-refractivity contribution in [1.29, 1.82) is 0 Å². The molecule has 1 fully saturated rings. The largest absolute Gasteiger partial charge is 0.438 e. The van der Waals surface area contributed by atoms with Crippen molar-refractivity contribution in [2.24, 2.45) is 0 Å². The Morgan fingerprint density at radius 1 is 1.06 bits per heavy atom. The van der Waals surface area contributed by atoms with E-state index in [4.69, 9.17) is 4.42 Å². The number of urea groups is 1. The number of aromatic nitrogens is 1. The fourth-order valence-corrected chi connectivity index (χ4v) is 4.15. The van der Waals surface area contributed by atoms with Gasteiger partial charge in [0.25, 0.3) is 0 Å². The average molecular weight is 469 g/mol. The molecule has 2 heterocycles. The van der Waals surface area contributed by atoms with Crippen LogP contribution >= 0.6 is 0 Å². The fourth-order valence-electron chi connectivity index (χ4n) is 4.15. The quantitative estimate of drug-likeness (QED) is 0.328. The summed E-state index contributed by atoms with van der Waals surface area (Å²) in [4.78, 5) is 19.0. The second-order valence-electron chi connectivity index (χ2n) is 8.07. The number of benzene rings is 3. The fraction of sp³-hybridized carbons (Fsp3) is 0.200. The summed E-state index contributed by atoms with van der Waals surface area (Å²) in [5.74, 6) is 0.0215. The number of nitrogens with one attached hydrogen (secondary N) is 1. The Morgan fingerprint density at radius 2 is 1.82 bits per heavy atom. The number of rotatable bonds is 3. The van der Waals surface area contributed by atoms with E-state index in [1.54, 1.807) is 41.3 Å². The van der Waals surface area contributed by atoms with Gasteiger partial charge >= 0.3 is 12.2 Å². The standard InChI is InChI=1S/C25H19F4N3O2/c26-19-5-2-1-4-18(19)15-7-12-22-20(14-15)31-23(34-22)21-6-3-13-32(21)24(33)30-17-10-8-16(9-11-17)25(27,28)29/h1-2,4-5,7-12,14,21H,3,6,13H2,(H,30,33). The molecule has 34 heavy (non-hydrogen) atoms. The van der Waals surface area contributed by atoms with E-state index in [9.17, 15) is 22.4 Å². The highest BCUT2D eigenvalue weighted by molar-refractivity contribution is 5.90. The second kappa shape index (κ2) is 8.48. The summed E-state index contributed by atoms with van der Waals surface area (Å²) in [6.45, 7) is 0.455. The SMILES string of the molecule is O=C(Nc1ccc(C(F)(F)F)cc1)N1CCCC1c1nc2cc(-c3ccccc3F)ccc2o1. The molecule has 5 nitrogen and oxygen atoms in total. The molecule has 9 heteroatoms. The lowest BCUT2D eigenvalue weighted by molar-refractivity contribution is -0.137. The predicted octanol–water partition coefficient (Wildman–Crippen LogP) is 7.02. The predicted molar refractivity (Wildman–Crippen MR) is 119 cm³/mol. The number of hydrogen-bond acceptors (Lipinski definition) is 3. The van der Waals surface area contributed by atoms with E-state index in [1.165, 1.54) is 18.2 Å². The molecule has 174 valence electrons. The molecule has 1 aliphatic rings. The van der Waals surface area contributed by atoms with Crippen LogP contribution in [0, 0.1) is 5.82 Å². The molecule has 0 saturated carbocycles. The van der Waals surface area contributed by atoms with E-state index in [1.807, 2.05) is 0 Å². The summed E-state index contributed by atoms with van der Waals surface area (Å²) in [7, 11) is 0. The lowest BCUT2D eigenvalue weighted by Gasteiger charge is -2.22. The van der Waals surface area contributed by atoms with E-state index in [2.05, 4.69) is 10.3 Å². The number of likely N-dealkylation sites (tertiary alicyclic amines) is 1. The monoisotopic (exact) mass is 469 g/mol. The van der Waals surface area contributed by atoms with E-state index >= 15 is 0 Å². The molecule has 0 aliphatic carbocycles. The maximum absolute atomic E-state index is 14.2. The Kier molecular flexibility index (Phi) is 5.47. The molecule has 1 aromatic heterocycles. The number of carbonyl (C=O) groups excluding carboxylic acids is 1. The van der Waals surface area contributed by atoms with Crippen molar-refractivity contribution in [2.75, 3.05) is 11.9 Å². The number of fused-ring (bicyclic) bond motifs is 1. The molecule has 5 rings (SSSR count). The zero-order valence-corrected chi connectivity index (χ0v) is 17.8. The topological polar surface area (TPSA) is 58.4 Å². The van der Waals surface area contributed by atoms with Crippen LogP contribution in [-0.4, -0.2) is 22.5 Å². The highest BCUT2D eigenvalue weighted by Gasteiger charge is 2.34. The molecular formula is C25H19F4N3O2. The number of anilines is 1. The third-order valence-electron chi connectivity index (χ3n) is 5.85. The Bertz CT molecular complexity index is 1350. The summed E-state index contributed by atoms with van der Waals surface area (Å²) >= 11 is 0. The van der Waals surface area contributed by atoms with Gasteiger partial charge in [-0.25, -0.2) is 14.2 Å². The maximum atomic E-state index is 14.2. The minimum absolute atomic E-state index is 0.260. The van der Waals surface area contributed by atoms with Crippen LogP contribution in [0.2, 0.25) is 0 Å². The van der Waals surface area contributed by atoms with Crippen molar-refractivity contribution in [3.8, 4) is 11.1 Å². The summed E-state index contributed by atoms with van der Waals surface area (Å²) in [6, 6.07) is 15.1. The molecule has 3 aromatic carbocycles. The van der Waals surface area contributed by atoms with Crippen LogP contribution in [0.4, 0.5) is 28.0 Å². The summed E-state index contributed by atoms with van der Waals surface area (Å²) in [5, 5.41) is 2.64. The Balaban J connectivity index is 1.36. The van der Waals surface area contributed by atoms with Crippen molar-refractivity contribution < 1.29 is 26.8 Å². The smallest absolute Gasteiger partial charge is 0.416 e. The molecule has 1 saturated heterocycles. The minimum atomic E-state index is -4.44. The van der Waals surface area contributed by atoms with Crippen molar-refractivity contribution >= 4 is 22.8 Å². The van der Waals surface area contributed by atoms with Gasteiger partial charge in [-0.3, -0.25) is 0 Å². The Morgan fingerprint density at radius 3 is 2.56 bits per heavy atom. The summed E-state index contributed by atoms with van der Waals surface area (Å²) < 4.78 is 58.4. The minimum Gasteiger partial charge on any atom is -0.438 e. The highest BCUT2D eigenvalue weighted by Crippen LogP contribution is 2.35. The van der Waals surface area contributed by atoms with Gasteiger partial charge in [0.05, 0.1) is 5.56 Å². The van der Waals surface area contributed by atoms with Gasteiger partial charge in [0, 0.05) is 17.8 Å². The first-order valence-corrected chi connectivity index (χ1v) is 10.7. The van der Waals surface area contributed by atoms with Gasteiger partial charge in [-0.15, -0.1) is 0 Å². The summed E-state index contributed by atoms with van der Waals surface area (Å²) in [6.07, 6.45) is -3.08. The average Bonchev–Trinajstić information content (AvgIpc) is 3.45. The number of oxazole rings is 1. The zero-order valence-electron chi connectivity index (χ0n) is 17.8. The van der Waals surface area contributed by atoms with Crippen LogP contribution in [0.25, 0.3) is 22.2 Å². The van der Waals surface area contributed by atoms with Crippen LogP contribution in [0.15, 0.2) is 71.1 Å². The van der Waals surface area contributed by atoms with Gasteiger partial charge in [0.15, 0.2) is 5.58 Å². The number of amides is 2. The number of hydrogen-bond donors (Lipinski definition) is 1. The molecule has 1 unspecified atom stereocenters. The molecule has 2 amide bonds. The van der Waals surface area contributed by atoms with Crippen LogP contribution < -0.4 is 5.32 Å². The van der Waals surface area contributed by atoms with Gasteiger partial charge in [-0.05, 0) is 60.9 Å². The van der Waals surface area contributed by atoms with E-state index in [0.717, 1.165) is 18.6 Å². The van der Waals surface area contributed by atoms with E-state index in [-0.39, 0.29) is 11.5 Å². The summed E-state index contributed by atoms with van der Waals surface area (Å²) in [5.41, 5.74) is 1.65. The van der Waals surface area contributed by atoms with E-state index in [0.29, 0.717) is 41.1 Å². The molecular weight excluding hydrogens is 450 g/mol. The number of halogens is 4. The Labute approximate surface area is 192 Å². The van der Waals surface area contributed by atoms with Crippen LogP contribution in [0.5, 0.6) is 0 Å². The lowest BCUT2D eigenvalue weighted by Crippen LogP contribution is -2.34. The molecule has 1 aliphatic heterocycles. The van der Waals surface area contributed by atoms with Crippen LogP contribution in [-0.2, 0) is 6.18 Å². The number of alkyl halides is 3. The van der Waals surface area contributed by atoms with Gasteiger partial charge in [0.1, 0.15) is 17.4 Å². The highest BCUT2D eigenvalue weighted by atomic mass is 19.4. The third-order valence-corrected chi connectivity index (χ3v) is 5.85. The van der Waals surface area contributed by atoms with Crippen LogP contribution in [0.3, 0.4) is 0 Å². The van der Waals surface area contributed by atoms with Gasteiger partial charge in [-0.2, -0.15) is 13.2 Å². The van der Waals surface area contributed by atoms with Crippen LogP contribution in [0.1, 0.15) is 30.3 Å². The molecule has 0 spiro atoms. The first kappa shape index (κ1) is 21.9. The van der Waals surface area contributed by atoms with Crippen molar-refractivity contribution in [2.45, 2.75) is 25.1 Å². The van der Waals surface area contributed by atoms with Crippen molar-refractivity contribution in [1.82, 2.24) is 9.88 Å². The number of nitrogens with zero attached hydrogens (tertiary/aromatic N) is 2. The third kappa shape index (κ3) is 4.21. The van der Waals surface area contributed by atoms with Crippen molar-refractivity contribution in [3.63, 3.8) is 0 Å². The lowest BCUT2D eigenvalue weighted by atomic mass is 10.0. The van der Waals surface area contributed by atoms with E-state index < -0.39 is 23.8 Å². The first-order valence-electron chi connectivity index (χ1n) is 10.7. The Hall–Kier alpha value is -3.88. The normalized spacial score (nSPS) is 16.2. The van der Waals surface area contributed by atoms with Gasteiger partial charge < -0.3 is 14.6 Å². The molecule has 1 N–H and O–H groups in total. The number of carbonyl (C=O) groups is 1. The van der Waals surface area contributed by atoms with Gasteiger partial charge in [0.2, 0.25) is 5.89 Å². The first-order chi connectivity index (χ1) is 16.3.